The molecule has 0 unspecified atom stereocenters. The summed E-state index contributed by atoms with van der Waals surface area (Å²) in [5.41, 5.74) is 0. The van der Waals surface area contributed by atoms with Crippen molar-refractivity contribution >= 4 is 0 Å². The molecule has 0 rings (SSSR count). The highest BCUT2D eigenvalue weighted by molar-refractivity contribution is 4.55. The van der Waals surface area contributed by atoms with Crippen molar-refractivity contribution in [3.05, 3.63) is 0 Å². The fraction of sp³-hybridized carbons (Fsp3) is 1.00. The van der Waals surface area contributed by atoms with Gasteiger partial charge in [-0.25, -0.2) is 0 Å². The van der Waals surface area contributed by atoms with Gasteiger partial charge in [-0.3, -0.25) is 0 Å². The van der Waals surface area contributed by atoms with Gasteiger partial charge in [-0.05, 0) is 23.7 Å². The van der Waals surface area contributed by atoms with Crippen molar-refractivity contribution in [1.82, 2.24) is 0 Å². The summed E-state index contributed by atoms with van der Waals surface area (Å²) in [5, 5.41) is 0. The summed E-state index contributed by atoms with van der Waals surface area (Å²) in [4.78, 5) is 0. The third-order valence-electron chi connectivity index (χ3n) is 3.76. The van der Waals surface area contributed by atoms with E-state index >= 15 is 0 Å². The van der Waals surface area contributed by atoms with Crippen LogP contribution in [0, 0.1) is 23.7 Å². The second-order valence-corrected chi connectivity index (χ2v) is 6.02. The van der Waals surface area contributed by atoms with Gasteiger partial charge in [0.05, 0.1) is 0 Å². The third-order valence-corrected chi connectivity index (χ3v) is 3.76. The van der Waals surface area contributed by atoms with Crippen LogP contribution in [0.1, 0.15) is 81.1 Å². The molecule has 0 spiro atoms. The first-order valence-corrected chi connectivity index (χ1v) is 7.36. The van der Waals surface area contributed by atoms with Crippen LogP contribution in [0.5, 0.6) is 0 Å². The van der Waals surface area contributed by atoms with Crippen LogP contribution in [0.3, 0.4) is 0 Å². The minimum atomic E-state index is 0.870. The van der Waals surface area contributed by atoms with Gasteiger partial charge in [0.1, 0.15) is 0 Å². The largest absolute Gasteiger partial charge is 0.0654 e. The normalized spacial score (nSPS) is 14.6. The lowest BCUT2D eigenvalue weighted by Gasteiger charge is -2.12. The maximum atomic E-state index is 2.33. The van der Waals surface area contributed by atoms with Gasteiger partial charge in [0.2, 0.25) is 0 Å². The fourth-order valence-corrected chi connectivity index (χ4v) is 1.58. The average molecular weight is 228 g/mol. The highest BCUT2D eigenvalue weighted by atomic mass is 14.1. The van der Waals surface area contributed by atoms with Crippen LogP contribution in [0.15, 0.2) is 0 Å². The van der Waals surface area contributed by atoms with Crippen LogP contribution in [0.4, 0.5) is 0 Å². The molecular weight excluding hydrogens is 192 g/mol. The van der Waals surface area contributed by atoms with E-state index in [4.69, 9.17) is 0 Å². The van der Waals surface area contributed by atoms with Gasteiger partial charge in [-0.15, -0.1) is 0 Å². The molecule has 0 saturated carbocycles. The zero-order valence-corrected chi connectivity index (χ0v) is 13.1. The Hall–Kier alpha value is 0. The van der Waals surface area contributed by atoms with Gasteiger partial charge < -0.3 is 0 Å². The first-order chi connectivity index (χ1) is 7.36. The summed E-state index contributed by atoms with van der Waals surface area (Å²) in [6, 6.07) is 0. The second kappa shape index (κ2) is 11.5. The standard InChI is InChI=1S/2C8H18/c2*1-5-6-8(4)7(2)3/h2*7-8H,5-6H2,1-4H3/t2*8-/m10/s1. The summed E-state index contributed by atoms with van der Waals surface area (Å²) in [7, 11) is 0. The highest BCUT2D eigenvalue weighted by Gasteiger charge is 2.04. The Bertz CT molecular complexity index is 108. The average Bonchev–Trinajstić information content (AvgIpc) is 2.19. The van der Waals surface area contributed by atoms with Crippen molar-refractivity contribution in [3.8, 4) is 0 Å². The lowest BCUT2D eigenvalue weighted by molar-refractivity contribution is 0.389. The van der Waals surface area contributed by atoms with Crippen molar-refractivity contribution in [3.63, 3.8) is 0 Å². The lowest BCUT2D eigenvalue weighted by Crippen LogP contribution is -2.02. The van der Waals surface area contributed by atoms with Gasteiger partial charge in [-0.2, -0.15) is 0 Å². The molecule has 0 N–H and O–H groups in total. The number of rotatable bonds is 6. The molecule has 0 aliphatic heterocycles. The van der Waals surface area contributed by atoms with E-state index in [0.717, 1.165) is 23.7 Å². The smallest absolute Gasteiger partial charge is 0.0420 e. The zero-order valence-electron chi connectivity index (χ0n) is 13.1. The molecule has 0 aliphatic carbocycles. The molecule has 0 fully saturated rings. The van der Waals surface area contributed by atoms with E-state index in [1.165, 1.54) is 25.7 Å². The maximum absolute atomic E-state index is 2.33. The zero-order chi connectivity index (χ0) is 13.1. The van der Waals surface area contributed by atoms with Gasteiger partial charge in [0.25, 0.3) is 0 Å². The monoisotopic (exact) mass is 228 g/mol. The molecule has 0 heterocycles. The highest BCUT2D eigenvalue weighted by Crippen LogP contribution is 2.15. The minimum Gasteiger partial charge on any atom is -0.0654 e. The molecule has 16 heavy (non-hydrogen) atoms. The van der Waals surface area contributed by atoms with E-state index < -0.39 is 0 Å². The molecule has 0 amide bonds. The second-order valence-electron chi connectivity index (χ2n) is 6.02. The first kappa shape index (κ1) is 18.4. The van der Waals surface area contributed by atoms with E-state index in [1.54, 1.807) is 0 Å². The van der Waals surface area contributed by atoms with Crippen molar-refractivity contribution < 1.29 is 0 Å². The molecule has 0 aromatic rings. The van der Waals surface area contributed by atoms with Crippen LogP contribution in [0.2, 0.25) is 0 Å². The van der Waals surface area contributed by atoms with E-state index in [2.05, 4.69) is 55.4 Å². The molecule has 0 nitrogen and oxygen atoms in total. The molecule has 0 saturated heterocycles. The van der Waals surface area contributed by atoms with Crippen molar-refractivity contribution in [1.29, 1.82) is 0 Å². The van der Waals surface area contributed by atoms with Crippen LogP contribution < -0.4 is 0 Å². The third kappa shape index (κ3) is 12.1. The molecule has 0 aromatic carbocycles. The molecule has 2 atom stereocenters. The van der Waals surface area contributed by atoms with E-state index in [0.29, 0.717) is 0 Å². The lowest BCUT2D eigenvalue weighted by atomic mass is 9.94. The van der Waals surface area contributed by atoms with Gasteiger partial charge in [0.15, 0.2) is 0 Å². The van der Waals surface area contributed by atoms with Gasteiger partial charge in [0, 0.05) is 0 Å². The minimum absolute atomic E-state index is 0.870. The number of hydrogen-bond acceptors (Lipinski definition) is 0. The molecule has 100 valence electrons. The fourth-order valence-electron chi connectivity index (χ4n) is 1.58. The maximum Gasteiger partial charge on any atom is -0.0420 e. The van der Waals surface area contributed by atoms with Crippen molar-refractivity contribution in [2.75, 3.05) is 0 Å². The topological polar surface area (TPSA) is 0 Å². The summed E-state index contributed by atoms with van der Waals surface area (Å²) in [5.74, 6) is 3.57. The van der Waals surface area contributed by atoms with Crippen LogP contribution in [-0.2, 0) is 0 Å². The summed E-state index contributed by atoms with van der Waals surface area (Å²) >= 11 is 0. The molecule has 0 heteroatoms. The summed E-state index contributed by atoms with van der Waals surface area (Å²) in [6.45, 7) is 18.3. The molecule has 0 aromatic heterocycles. The first-order valence-electron chi connectivity index (χ1n) is 7.36. The molecule has 0 bridgehead atoms. The summed E-state index contributed by atoms with van der Waals surface area (Å²) in [6.07, 6.45) is 5.44. The van der Waals surface area contributed by atoms with Gasteiger partial charge >= 0.3 is 0 Å². The van der Waals surface area contributed by atoms with Crippen molar-refractivity contribution in [2.24, 2.45) is 23.7 Å². The predicted molar refractivity (Wildman–Crippen MR) is 77.8 cm³/mol. The van der Waals surface area contributed by atoms with E-state index in [1.807, 2.05) is 0 Å². The molecule has 0 aliphatic rings. The van der Waals surface area contributed by atoms with E-state index in [-0.39, 0.29) is 0 Å². The Kier molecular flexibility index (Phi) is 13.2. The SMILES string of the molecule is CCC[C@@H](C)C(C)C.CCC[C@H](C)C(C)C. The quantitative estimate of drug-likeness (QED) is 0.511. The molecular formula is C16H36. The van der Waals surface area contributed by atoms with Crippen LogP contribution in [0.25, 0.3) is 0 Å². The number of hydrogen-bond donors (Lipinski definition) is 0. The predicted octanol–water partition coefficient (Wildman–Crippen LogP) is 6.16. The van der Waals surface area contributed by atoms with Crippen LogP contribution in [-0.4, -0.2) is 0 Å². The Balaban J connectivity index is 0. The van der Waals surface area contributed by atoms with Crippen molar-refractivity contribution in [2.45, 2.75) is 81.1 Å². The Labute approximate surface area is 105 Å². The Morgan fingerprint density at radius 3 is 0.875 bits per heavy atom. The molecule has 0 radical (unpaired) electrons. The Morgan fingerprint density at radius 1 is 0.562 bits per heavy atom. The summed E-state index contributed by atoms with van der Waals surface area (Å²) < 4.78 is 0. The van der Waals surface area contributed by atoms with Gasteiger partial charge in [-0.1, -0.05) is 81.1 Å². The van der Waals surface area contributed by atoms with Crippen LogP contribution >= 0.6 is 0 Å². The van der Waals surface area contributed by atoms with E-state index in [9.17, 15) is 0 Å². The Morgan fingerprint density at radius 2 is 0.812 bits per heavy atom.